The Bertz CT molecular complexity index is 927. The Morgan fingerprint density at radius 1 is 0.900 bits per heavy atom. The number of methoxy groups -OCH3 is 3. The number of hydrogen-bond donors (Lipinski definition) is 3. The van der Waals surface area contributed by atoms with Gasteiger partial charge in [0.1, 0.15) is 17.6 Å². The molecule has 30 heavy (non-hydrogen) atoms. The van der Waals surface area contributed by atoms with Crippen LogP contribution in [0.25, 0.3) is 0 Å². The number of furan rings is 1. The molecule has 1 heterocycles. The minimum Gasteiger partial charge on any atom is -0.493 e. The Labute approximate surface area is 173 Å². The van der Waals surface area contributed by atoms with E-state index < -0.39 is 23.8 Å². The van der Waals surface area contributed by atoms with Gasteiger partial charge in [0.2, 0.25) is 5.75 Å². The van der Waals surface area contributed by atoms with Crippen molar-refractivity contribution in [2.75, 3.05) is 21.3 Å². The third kappa shape index (κ3) is 5.02. The number of amides is 3. The molecule has 1 aromatic carbocycles. The number of benzene rings is 1. The number of ether oxygens (including phenoxy) is 3. The number of carbonyl (C=O) groups is 3. The summed E-state index contributed by atoms with van der Waals surface area (Å²) in [7, 11) is 4.31. The maximum atomic E-state index is 12.6. The first-order valence-electron chi connectivity index (χ1n) is 8.99. The average molecular weight is 419 g/mol. The second-order valence-corrected chi connectivity index (χ2v) is 6.38. The normalized spacial score (nSPS) is 11.3. The van der Waals surface area contributed by atoms with Gasteiger partial charge in [-0.05, 0) is 39.0 Å². The average Bonchev–Trinajstić information content (AvgIpc) is 3.08. The Balaban J connectivity index is 2.02. The van der Waals surface area contributed by atoms with E-state index in [1.54, 1.807) is 19.9 Å². The van der Waals surface area contributed by atoms with Crippen LogP contribution in [0.1, 0.15) is 39.2 Å². The lowest BCUT2D eigenvalue weighted by atomic mass is 10.1. The third-order valence-corrected chi connectivity index (χ3v) is 4.25. The zero-order valence-electron chi connectivity index (χ0n) is 17.7. The molecule has 3 amide bonds. The Kier molecular flexibility index (Phi) is 7.29. The number of rotatable bonds is 7. The molecule has 0 spiro atoms. The van der Waals surface area contributed by atoms with Crippen molar-refractivity contribution >= 4 is 17.7 Å². The van der Waals surface area contributed by atoms with Crippen LogP contribution in [0.4, 0.5) is 0 Å². The van der Waals surface area contributed by atoms with Crippen molar-refractivity contribution in [3.63, 3.8) is 0 Å². The van der Waals surface area contributed by atoms with Gasteiger partial charge in [0.15, 0.2) is 11.5 Å². The summed E-state index contributed by atoms with van der Waals surface area (Å²) in [4.78, 5) is 36.9. The van der Waals surface area contributed by atoms with E-state index >= 15 is 0 Å². The topological polar surface area (TPSA) is 128 Å². The van der Waals surface area contributed by atoms with Crippen LogP contribution in [0.3, 0.4) is 0 Å². The summed E-state index contributed by atoms with van der Waals surface area (Å²) in [6, 6.07) is 3.55. The van der Waals surface area contributed by atoms with Gasteiger partial charge in [-0.3, -0.25) is 25.2 Å². The SMILES string of the molecule is COc1cc(C(=O)N[C@@H](C)C(=O)NNC(=O)c2cc(C)oc2C)cc(OC)c1OC. The molecule has 2 rings (SSSR count). The van der Waals surface area contributed by atoms with Crippen LogP contribution in [0.5, 0.6) is 17.2 Å². The van der Waals surface area contributed by atoms with Crippen LogP contribution in [0, 0.1) is 13.8 Å². The minimum atomic E-state index is -0.941. The molecule has 0 saturated heterocycles. The molecule has 1 atom stereocenters. The molecule has 162 valence electrons. The van der Waals surface area contributed by atoms with Crippen molar-refractivity contribution in [3.8, 4) is 17.2 Å². The Hall–Kier alpha value is -3.69. The zero-order chi connectivity index (χ0) is 22.4. The van der Waals surface area contributed by atoms with E-state index in [0.29, 0.717) is 34.3 Å². The van der Waals surface area contributed by atoms with E-state index in [9.17, 15) is 14.4 Å². The molecule has 10 heteroatoms. The highest BCUT2D eigenvalue weighted by Gasteiger charge is 2.21. The highest BCUT2D eigenvalue weighted by Crippen LogP contribution is 2.38. The van der Waals surface area contributed by atoms with Gasteiger partial charge >= 0.3 is 0 Å². The Morgan fingerprint density at radius 3 is 1.97 bits per heavy atom. The number of nitrogens with one attached hydrogen (secondary N) is 3. The van der Waals surface area contributed by atoms with Crippen molar-refractivity contribution in [1.29, 1.82) is 0 Å². The molecule has 3 N–H and O–H groups in total. The molecule has 1 aromatic heterocycles. The first kappa shape index (κ1) is 22.6. The number of aryl methyl sites for hydroxylation is 2. The molecule has 0 aliphatic carbocycles. The monoisotopic (exact) mass is 419 g/mol. The smallest absolute Gasteiger partial charge is 0.273 e. The van der Waals surface area contributed by atoms with Gasteiger partial charge in [0.25, 0.3) is 17.7 Å². The molecule has 0 aliphatic rings. The van der Waals surface area contributed by atoms with Crippen molar-refractivity contribution in [2.24, 2.45) is 0 Å². The lowest BCUT2D eigenvalue weighted by Crippen LogP contribution is -2.51. The van der Waals surface area contributed by atoms with E-state index in [2.05, 4.69) is 16.2 Å². The summed E-state index contributed by atoms with van der Waals surface area (Å²) < 4.78 is 20.9. The van der Waals surface area contributed by atoms with Crippen molar-refractivity contribution in [3.05, 3.63) is 40.8 Å². The maximum absolute atomic E-state index is 12.6. The second kappa shape index (κ2) is 9.68. The van der Waals surface area contributed by atoms with Crippen LogP contribution in [0.2, 0.25) is 0 Å². The summed E-state index contributed by atoms with van der Waals surface area (Å²) >= 11 is 0. The van der Waals surface area contributed by atoms with E-state index in [1.165, 1.54) is 40.4 Å². The zero-order valence-corrected chi connectivity index (χ0v) is 17.7. The summed E-state index contributed by atoms with van der Waals surface area (Å²) in [6.45, 7) is 4.83. The van der Waals surface area contributed by atoms with Crippen molar-refractivity contribution in [1.82, 2.24) is 16.2 Å². The van der Waals surface area contributed by atoms with Gasteiger partial charge in [-0.2, -0.15) is 0 Å². The minimum absolute atomic E-state index is 0.206. The first-order chi connectivity index (χ1) is 14.2. The predicted molar refractivity (Wildman–Crippen MR) is 107 cm³/mol. The van der Waals surface area contributed by atoms with Gasteiger partial charge in [-0.1, -0.05) is 0 Å². The fourth-order valence-corrected chi connectivity index (χ4v) is 2.71. The standard InChI is InChI=1S/C20H25N3O7/c1-10-7-14(12(3)30-10)20(26)23-22-18(24)11(2)21-19(25)13-8-15(27-4)17(29-6)16(9-13)28-5/h7-9,11H,1-6H3,(H,21,25)(H,22,24)(H,23,26)/t11-/m0/s1. The molecule has 0 fully saturated rings. The third-order valence-electron chi connectivity index (χ3n) is 4.25. The summed E-state index contributed by atoms with van der Waals surface area (Å²) in [5, 5.41) is 2.54. The highest BCUT2D eigenvalue weighted by molar-refractivity contribution is 6.00. The molecular weight excluding hydrogens is 394 g/mol. The van der Waals surface area contributed by atoms with Crippen LogP contribution in [-0.4, -0.2) is 45.1 Å². The van der Waals surface area contributed by atoms with E-state index in [4.69, 9.17) is 18.6 Å². The largest absolute Gasteiger partial charge is 0.493 e. The van der Waals surface area contributed by atoms with Crippen LogP contribution < -0.4 is 30.4 Å². The van der Waals surface area contributed by atoms with Gasteiger partial charge in [-0.25, -0.2) is 0 Å². The molecular formula is C20H25N3O7. The quantitative estimate of drug-likeness (QED) is 0.580. The summed E-state index contributed by atoms with van der Waals surface area (Å²) in [5.74, 6) is 0.287. The van der Waals surface area contributed by atoms with Gasteiger partial charge < -0.3 is 23.9 Å². The molecule has 10 nitrogen and oxygen atoms in total. The fourth-order valence-electron chi connectivity index (χ4n) is 2.71. The lowest BCUT2D eigenvalue weighted by molar-refractivity contribution is -0.123. The second-order valence-electron chi connectivity index (χ2n) is 6.38. The maximum Gasteiger partial charge on any atom is 0.273 e. The molecule has 0 aliphatic heterocycles. The molecule has 0 saturated carbocycles. The van der Waals surface area contributed by atoms with Crippen molar-refractivity contribution in [2.45, 2.75) is 26.8 Å². The van der Waals surface area contributed by atoms with Crippen molar-refractivity contribution < 1.29 is 33.0 Å². The lowest BCUT2D eigenvalue weighted by Gasteiger charge is -2.17. The molecule has 0 unspecified atom stereocenters. The van der Waals surface area contributed by atoms with E-state index in [-0.39, 0.29) is 5.56 Å². The van der Waals surface area contributed by atoms with Gasteiger partial charge in [0, 0.05) is 5.56 Å². The number of hydrogen-bond acceptors (Lipinski definition) is 7. The number of carbonyl (C=O) groups excluding carboxylic acids is 3. The summed E-state index contributed by atoms with van der Waals surface area (Å²) in [6.07, 6.45) is 0. The molecule has 0 bridgehead atoms. The molecule has 2 aromatic rings. The van der Waals surface area contributed by atoms with Crippen LogP contribution in [-0.2, 0) is 4.79 Å². The van der Waals surface area contributed by atoms with Gasteiger partial charge in [0.05, 0.1) is 26.9 Å². The van der Waals surface area contributed by atoms with Crippen LogP contribution in [0.15, 0.2) is 22.6 Å². The van der Waals surface area contributed by atoms with E-state index in [1.807, 2.05) is 0 Å². The number of hydrazine groups is 1. The first-order valence-corrected chi connectivity index (χ1v) is 8.99. The Morgan fingerprint density at radius 2 is 1.50 bits per heavy atom. The van der Waals surface area contributed by atoms with Crippen LogP contribution >= 0.6 is 0 Å². The highest BCUT2D eigenvalue weighted by atomic mass is 16.5. The fraction of sp³-hybridized carbons (Fsp3) is 0.350. The van der Waals surface area contributed by atoms with E-state index in [0.717, 1.165) is 0 Å². The molecule has 0 radical (unpaired) electrons. The van der Waals surface area contributed by atoms with Gasteiger partial charge in [-0.15, -0.1) is 0 Å². The summed E-state index contributed by atoms with van der Waals surface area (Å²) in [5.41, 5.74) is 5.08. The predicted octanol–water partition coefficient (Wildman–Crippen LogP) is 1.50.